The van der Waals surface area contributed by atoms with Gasteiger partial charge in [0.05, 0.1) is 13.2 Å². The SMILES string of the molecule is COCCn1c(N2CCN(CC(=O)OCc3ccccc3)CC2)nc2c1c(=O)[nH]c(=O)n2C. The minimum Gasteiger partial charge on any atom is -0.460 e. The van der Waals surface area contributed by atoms with Gasteiger partial charge in [-0.05, 0) is 5.56 Å². The summed E-state index contributed by atoms with van der Waals surface area (Å²) < 4.78 is 13.7. The Bertz CT molecular complexity index is 1220. The number of piperazine rings is 1. The molecule has 1 fully saturated rings. The number of nitrogens with zero attached hydrogens (tertiary/aromatic N) is 5. The fourth-order valence-corrected chi connectivity index (χ4v) is 3.93. The van der Waals surface area contributed by atoms with Crippen molar-refractivity contribution >= 4 is 23.1 Å². The summed E-state index contributed by atoms with van der Waals surface area (Å²) in [5.41, 5.74) is 0.657. The van der Waals surface area contributed by atoms with Crippen molar-refractivity contribution in [3.63, 3.8) is 0 Å². The molecule has 3 aromatic rings. The largest absolute Gasteiger partial charge is 0.460 e. The van der Waals surface area contributed by atoms with E-state index in [0.717, 1.165) is 5.56 Å². The van der Waals surface area contributed by atoms with Gasteiger partial charge in [-0.3, -0.25) is 24.0 Å². The molecule has 3 heterocycles. The summed E-state index contributed by atoms with van der Waals surface area (Å²) in [6.07, 6.45) is 0. The van der Waals surface area contributed by atoms with Gasteiger partial charge in [-0.2, -0.15) is 4.98 Å². The summed E-state index contributed by atoms with van der Waals surface area (Å²) >= 11 is 0. The number of rotatable bonds is 8. The lowest BCUT2D eigenvalue weighted by Crippen LogP contribution is -2.49. The molecule has 11 heteroatoms. The Balaban J connectivity index is 1.43. The van der Waals surface area contributed by atoms with E-state index in [9.17, 15) is 14.4 Å². The van der Waals surface area contributed by atoms with E-state index in [1.54, 1.807) is 18.7 Å². The molecular weight excluding hydrogens is 428 g/mol. The van der Waals surface area contributed by atoms with Crippen LogP contribution in [-0.4, -0.2) is 76.4 Å². The molecule has 0 atom stereocenters. The number of methoxy groups -OCH3 is 1. The number of imidazole rings is 1. The Labute approximate surface area is 190 Å². The normalized spacial score (nSPS) is 14.7. The molecule has 0 radical (unpaired) electrons. The molecule has 2 aromatic heterocycles. The van der Waals surface area contributed by atoms with Gasteiger partial charge in [0.15, 0.2) is 11.2 Å². The first-order valence-electron chi connectivity index (χ1n) is 10.8. The standard InChI is InChI=1S/C22H28N6O5/c1-25-19-18(20(30)24-22(25)31)28(12-13-32-2)21(23-19)27-10-8-26(9-11-27)14-17(29)33-15-16-6-4-3-5-7-16/h3-7H,8-15H2,1-2H3,(H,24,30,31). The Kier molecular flexibility index (Phi) is 6.90. The van der Waals surface area contributed by atoms with E-state index in [1.807, 2.05) is 35.2 Å². The van der Waals surface area contributed by atoms with E-state index in [2.05, 4.69) is 14.9 Å². The molecule has 0 unspecified atom stereocenters. The summed E-state index contributed by atoms with van der Waals surface area (Å²) in [6.45, 7) is 3.82. The highest BCUT2D eigenvalue weighted by atomic mass is 16.5. The summed E-state index contributed by atoms with van der Waals surface area (Å²) in [6, 6.07) is 9.58. The minimum atomic E-state index is -0.505. The molecule has 1 aliphatic heterocycles. The number of hydrogen-bond acceptors (Lipinski definition) is 8. The number of anilines is 1. The smallest absolute Gasteiger partial charge is 0.329 e. The Morgan fingerprint density at radius 2 is 1.85 bits per heavy atom. The van der Waals surface area contributed by atoms with Crippen molar-refractivity contribution in [3.8, 4) is 0 Å². The molecule has 1 saturated heterocycles. The third-order valence-corrected chi connectivity index (χ3v) is 5.76. The third kappa shape index (κ3) is 4.99. The maximum atomic E-state index is 12.5. The molecule has 11 nitrogen and oxygen atoms in total. The summed E-state index contributed by atoms with van der Waals surface area (Å²) in [5.74, 6) is 0.348. The van der Waals surface area contributed by atoms with Crippen LogP contribution in [-0.2, 0) is 34.5 Å². The zero-order valence-corrected chi connectivity index (χ0v) is 18.8. The van der Waals surface area contributed by atoms with Crippen LogP contribution in [0.15, 0.2) is 39.9 Å². The molecule has 0 amide bonds. The third-order valence-electron chi connectivity index (χ3n) is 5.76. The second-order valence-corrected chi connectivity index (χ2v) is 7.96. The fraction of sp³-hybridized carbons (Fsp3) is 0.455. The number of aryl methyl sites for hydroxylation is 1. The Hall–Kier alpha value is -3.44. The number of aromatic nitrogens is 4. The molecule has 0 spiro atoms. The van der Waals surface area contributed by atoms with Gasteiger partial charge in [-0.15, -0.1) is 0 Å². The first-order valence-corrected chi connectivity index (χ1v) is 10.8. The fourth-order valence-electron chi connectivity index (χ4n) is 3.93. The lowest BCUT2D eigenvalue weighted by atomic mass is 10.2. The number of hydrogen-bond donors (Lipinski definition) is 1. The monoisotopic (exact) mass is 456 g/mol. The van der Waals surface area contributed by atoms with E-state index >= 15 is 0 Å². The molecule has 0 saturated carbocycles. The molecule has 0 aliphatic carbocycles. The molecular formula is C22H28N6O5. The van der Waals surface area contributed by atoms with E-state index < -0.39 is 11.2 Å². The van der Waals surface area contributed by atoms with Gasteiger partial charge < -0.3 is 18.9 Å². The zero-order valence-electron chi connectivity index (χ0n) is 18.8. The molecule has 4 rings (SSSR count). The van der Waals surface area contributed by atoms with E-state index in [1.165, 1.54) is 4.57 Å². The number of carbonyl (C=O) groups is 1. The highest BCUT2D eigenvalue weighted by Crippen LogP contribution is 2.21. The van der Waals surface area contributed by atoms with Gasteiger partial charge in [-0.1, -0.05) is 30.3 Å². The van der Waals surface area contributed by atoms with Crippen LogP contribution in [0.5, 0.6) is 0 Å². The topological polar surface area (TPSA) is 115 Å². The van der Waals surface area contributed by atoms with E-state index in [-0.39, 0.29) is 19.1 Å². The predicted molar refractivity (Wildman–Crippen MR) is 122 cm³/mol. The van der Waals surface area contributed by atoms with Crippen molar-refractivity contribution in [2.75, 3.05) is 51.3 Å². The first-order chi connectivity index (χ1) is 16.0. The van der Waals surface area contributed by atoms with Gasteiger partial charge in [0.2, 0.25) is 5.95 Å². The molecule has 0 bridgehead atoms. The maximum absolute atomic E-state index is 12.5. The molecule has 1 aromatic carbocycles. The van der Waals surface area contributed by atoms with Crippen LogP contribution in [0.2, 0.25) is 0 Å². The van der Waals surface area contributed by atoms with Gasteiger partial charge in [-0.25, -0.2) is 4.79 Å². The van der Waals surface area contributed by atoms with Crippen molar-refractivity contribution in [1.82, 2.24) is 24.0 Å². The minimum absolute atomic E-state index is 0.217. The summed E-state index contributed by atoms with van der Waals surface area (Å²) in [7, 11) is 3.17. The number of carbonyl (C=O) groups excluding carboxylic acids is 1. The zero-order chi connectivity index (χ0) is 23.4. The predicted octanol–water partition coefficient (Wildman–Crippen LogP) is -0.0649. The summed E-state index contributed by atoms with van der Waals surface area (Å²) in [4.78, 5) is 47.9. The quantitative estimate of drug-likeness (QED) is 0.469. The number of H-pyrrole nitrogens is 1. The Morgan fingerprint density at radius 3 is 2.55 bits per heavy atom. The molecule has 33 heavy (non-hydrogen) atoms. The lowest BCUT2D eigenvalue weighted by molar-refractivity contribution is -0.146. The van der Waals surface area contributed by atoms with Crippen molar-refractivity contribution in [2.45, 2.75) is 13.2 Å². The van der Waals surface area contributed by atoms with Crippen LogP contribution in [0.25, 0.3) is 11.2 Å². The first kappa shape index (κ1) is 22.7. The van der Waals surface area contributed by atoms with Crippen LogP contribution in [0.1, 0.15) is 5.56 Å². The number of aromatic amines is 1. The number of fused-ring (bicyclic) bond motifs is 1. The van der Waals surface area contributed by atoms with Crippen molar-refractivity contribution < 1.29 is 14.3 Å². The molecule has 1 aliphatic rings. The van der Waals surface area contributed by atoms with Crippen LogP contribution in [0, 0.1) is 0 Å². The van der Waals surface area contributed by atoms with Crippen molar-refractivity contribution in [1.29, 1.82) is 0 Å². The van der Waals surface area contributed by atoms with Gasteiger partial charge >= 0.3 is 11.7 Å². The van der Waals surface area contributed by atoms with Crippen LogP contribution < -0.4 is 16.1 Å². The van der Waals surface area contributed by atoms with Crippen molar-refractivity contribution in [3.05, 3.63) is 56.7 Å². The lowest BCUT2D eigenvalue weighted by Gasteiger charge is -2.34. The maximum Gasteiger partial charge on any atom is 0.329 e. The van der Waals surface area contributed by atoms with E-state index in [4.69, 9.17) is 9.47 Å². The van der Waals surface area contributed by atoms with Gasteiger partial charge in [0.1, 0.15) is 6.61 Å². The molecule has 176 valence electrons. The average Bonchev–Trinajstić information content (AvgIpc) is 3.21. The van der Waals surface area contributed by atoms with Crippen molar-refractivity contribution in [2.24, 2.45) is 7.05 Å². The number of nitrogens with one attached hydrogen (secondary N) is 1. The second-order valence-electron chi connectivity index (χ2n) is 7.96. The van der Waals surface area contributed by atoms with Gasteiger partial charge in [0, 0.05) is 46.9 Å². The highest BCUT2D eigenvalue weighted by Gasteiger charge is 2.25. The van der Waals surface area contributed by atoms with E-state index in [0.29, 0.717) is 56.4 Å². The van der Waals surface area contributed by atoms with Crippen LogP contribution >= 0.6 is 0 Å². The Morgan fingerprint density at radius 1 is 1.12 bits per heavy atom. The van der Waals surface area contributed by atoms with Crippen LogP contribution in [0.3, 0.4) is 0 Å². The summed E-state index contributed by atoms with van der Waals surface area (Å²) in [5, 5.41) is 0. The number of benzene rings is 1. The number of esters is 1. The van der Waals surface area contributed by atoms with Crippen LogP contribution in [0.4, 0.5) is 5.95 Å². The average molecular weight is 457 g/mol. The van der Waals surface area contributed by atoms with Gasteiger partial charge in [0.25, 0.3) is 5.56 Å². The second kappa shape index (κ2) is 10.0. The highest BCUT2D eigenvalue weighted by molar-refractivity contribution is 5.74. The number of ether oxygens (including phenoxy) is 2. The molecule has 1 N–H and O–H groups in total.